The highest BCUT2D eigenvalue weighted by Gasteiger charge is 2.49. The van der Waals surface area contributed by atoms with Gasteiger partial charge >= 0.3 is 6.01 Å². The third kappa shape index (κ3) is 5.14. The van der Waals surface area contributed by atoms with Crippen LogP contribution in [-0.4, -0.2) is 75.8 Å². The lowest BCUT2D eigenvalue weighted by atomic mass is 9.95. The highest BCUT2D eigenvalue weighted by molar-refractivity contribution is 7.23. The number of fused-ring (bicyclic) bond motifs is 3. The number of hydrogen-bond acceptors (Lipinski definition) is 8. The third-order valence-corrected chi connectivity index (χ3v) is 11.0. The fourth-order valence-electron chi connectivity index (χ4n) is 7.33. The number of alkyl halides is 1. The van der Waals surface area contributed by atoms with Gasteiger partial charge in [0.05, 0.1) is 38.3 Å². The van der Waals surface area contributed by atoms with Gasteiger partial charge in [-0.2, -0.15) is 9.97 Å². The molecule has 2 aromatic heterocycles. The molecule has 0 unspecified atom stereocenters. The van der Waals surface area contributed by atoms with Crippen LogP contribution < -0.4 is 15.2 Å². The van der Waals surface area contributed by atoms with Gasteiger partial charge in [0.15, 0.2) is 5.82 Å². The molecular formula is C33H30ClF3N6O3S. The molecule has 2 N–H and O–H groups in total. The number of thiophene rings is 1. The minimum atomic E-state index is -0.971. The van der Waals surface area contributed by atoms with Crippen molar-refractivity contribution in [3.05, 3.63) is 58.9 Å². The van der Waals surface area contributed by atoms with Gasteiger partial charge in [-0.15, -0.1) is 11.3 Å². The van der Waals surface area contributed by atoms with Gasteiger partial charge in [0.2, 0.25) is 17.5 Å². The Hall–Kier alpha value is -4.12. The molecule has 0 spiro atoms. The van der Waals surface area contributed by atoms with Crippen LogP contribution in [0.4, 0.5) is 23.9 Å². The highest BCUT2D eigenvalue weighted by atomic mass is 35.5. The smallest absolute Gasteiger partial charge is 0.320 e. The summed E-state index contributed by atoms with van der Waals surface area (Å²) in [5.74, 6) is -1.69. The lowest BCUT2D eigenvalue weighted by molar-refractivity contribution is -0.127. The van der Waals surface area contributed by atoms with Crippen molar-refractivity contribution in [2.45, 2.75) is 56.5 Å². The number of rotatable bonds is 7. The first kappa shape index (κ1) is 31.5. The molecule has 0 radical (unpaired) electrons. The fourth-order valence-corrected chi connectivity index (χ4v) is 8.56. The number of carbonyl (C=O) groups excluding carboxylic acids is 1. The van der Waals surface area contributed by atoms with Crippen molar-refractivity contribution in [1.29, 1.82) is 0 Å². The molecule has 3 aliphatic rings. The summed E-state index contributed by atoms with van der Waals surface area (Å²) >= 11 is 7.66. The van der Waals surface area contributed by atoms with Gasteiger partial charge in [0.1, 0.15) is 30.2 Å². The van der Waals surface area contributed by atoms with E-state index < -0.39 is 29.4 Å². The second-order valence-electron chi connectivity index (χ2n) is 12.3. The largest absolute Gasteiger partial charge is 0.471 e. The second-order valence-corrected chi connectivity index (χ2v) is 13.7. The first-order valence-electron chi connectivity index (χ1n) is 15.2. The fraction of sp³-hybridized carbons (Fsp3) is 0.394. The van der Waals surface area contributed by atoms with E-state index in [1.807, 2.05) is 6.92 Å². The average Bonchev–Trinajstić information content (AvgIpc) is 3.78. The van der Waals surface area contributed by atoms with Crippen LogP contribution in [0.15, 0.2) is 30.9 Å². The molecular weight excluding hydrogens is 653 g/mol. The Kier molecular flexibility index (Phi) is 7.93. The molecule has 3 saturated heterocycles. The van der Waals surface area contributed by atoms with Crippen molar-refractivity contribution >= 4 is 60.5 Å². The second kappa shape index (κ2) is 11.8. The number of carbonyl (C=O) groups is 1. The van der Waals surface area contributed by atoms with Crippen LogP contribution in [0.1, 0.15) is 32.6 Å². The van der Waals surface area contributed by atoms with Crippen LogP contribution in [0, 0.1) is 18.2 Å². The Bertz CT molecular complexity index is 2000. The molecule has 2 aromatic carbocycles. The van der Waals surface area contributed by atoms with Crippen LogP contribution in [-0.2, 0) is 4.79 Å². The molecule has 0 saturated carbocycles. The first-order chi connectivity index (χ1) is 22.5. The summed E-state index contributed by atoms with van der Waals surface area (Å²) in [6.45, 7) is 14.7. The Labute approximate surface area is 277 Å². The van der Waals surface area contributed by atoms with Gasteiger partial charge in [-0.1, -0.05) is 24.2 Å². The summed E-state index contributed by atoms with van der Waals surface area (Å²) in [5.41, 5.74) is 5.44. The third-order valence-electron chi connectivity index (χ3n) is 9.64. The van der Waals surface area contributed by atoms with E-state index in [9.17, 15) is 13.6 Å². The highest BCUT2D eigenvalue weighted by Crippen LogP contribution is 2.49. The number of aromatic nitrogens is 2. The zero-order valence-electron chi connectivity index (χ0n) is 25.4. The van der Waals surface area contributed by atoms with Crippen molar-refractivity contribution in [3.8, 4) is 23.0 Å². The SMILES string of the molecule is [C-]#[N+]c1c(N)sc2c(F)ccc(-c3c(Cl)cc4c(O[C@@H]5CCN(C(=O)C=C)[C@@H]5C)nc(OC[C@@]56CCCN5C[C@H](F)C6)nc4c3F)c12. The van der Waals surface area contributed by atoms with Crippen molar-refractivity contribution in [2.75, 3.05) is 32.0 Å². The number of ether oxygens (including phenoxy) is 2. The molecule has 4 atom stereocenters. The number of amides is 1. The Balaban J connectivity index is 1.36. The molecule has 3 aliphatic heterocycles. The number of likely N-dealkylation sites (tertiary alicyclic amines) is 1. The molecule has 0 aliphatic carbocycles. The van der Waals surface area contributed by atoms with E-state index in [0.29, 0.717) is 25.9 Å². The van der Waals surface area contributed by atoms with Gasteiger partial charge in [0.25, 0.3) is 0 Å². The lowest BCUT2D eigenvalue weighted by Gasteiger charge is -2.31. The molecule has 4 aromatic rings. The summed E-state index contributed by atoms with van der Waals surface area (Å²) in [5, 5.41) is 0.362. The van der Waals surface area contributed by atoms with Crippen LogP contribution in [0.25, 0.3) is 37.0 Å². The van der Waals surface area contributed by atoms with Gasteiger partial charge < -0.3 is 20.1 Å². The van der Waals surface area contributed by atoms with Crippen molar-refractivity contribution in [3.63, 3.8) is 0 Å². The minimum absolute atomic E-state index is 0.00254. The molecule has 1 amide bonds. The number of nitrogens with two attached hydrogens (primary N) is 1. The van der Waals surface area contributed by atoms with E-state index in [1.54, 1.807) is 4.90 Å². The summed E-state index contributed by atoms with van der Waals surface area (Å²) in [6, 6.07) is 3.49. The van der Waals surface area contributed by atoms with Gasteiger partial charge in [-0.3, -0.25) is 9.69 Å². The predicted molar refractivity (Wildman–Crippen MR) is 175 cm³/mol. The van der Waals surface area contributed by atoms with Gasteiger partial charge in [-0.05, 0) is 50.1 Å². The molecule has 244 valence electrons. The zero-order valence-corrected chi connectivity index (χ0v) is 26.9. The minimum Gasteiger partial charge on any atom is -0.471 e. The average molecular weight is 683 g/mol. The van der Waals surface area contributed by atoms with E-state index in [-0.39, 0.29) is 78.3 Å². The van der Waals surface area contributed by atoms with E-state index in [1.165, 1.54) is 24.3 Å². The molecule has 9 nitrogen and oxygen atoms in total. The Morgan fingerprint density at radius 3 is 2.91 bits per heavy atom. The standard InChI is InChI=1S/C33H30ClF3N6O3S/c1-4-23(44)43-11-8-22(16(43)2)46-31-19-12-20(34)24(18-6-7-21(36)29-25(18)28(39-3)30(38)47-29)26(37)27(19)40-32(41-31)45-15-33-9-5-10-42(33)14-17(35)13-33/h4,6-7,12,16-17,22H,1,5,8-11,13-15,38H2,2H3/t16-,17-,22-,33+/m1/s1. The molecule has 5 heterocycles. The van der Waals surface area contributed by atoms with E-state index >= 15 is 4.39 Å². The van der Waals surface area contributed by atoms with Crippen LogP contribution in [0.2, 0.25) is 5.02 Å². The van der Waals surface area contributed by atoms with Gasteiger partial charge in [0, 0.05) is 36.9 Å². The summed E-state index contributed by atoms with van der Waals surface area (Å²) in [6.07, 6.45) is 2.23. The molecule has 7 rings (SSSR count). The number of nitrogen functional groups attached to an aromatic ring is 1. The summed E-state index contributed by atoms with van der Waals surface area (Å²) < 4.78 is 58.7. The number of hydrogen-bond donors (Lipinski definition) is 1. The Morgan fingerprint density at radius 1 is 1.34 bits per heavy atom. The first-order valence-corrected chi connectivity index (χ1v) is 16.4. The maximum atomic E-state index is 16.8. The lowest BCUT2D eigenvalue weighted by Crippen LogP contribution is -2.43. The quantitative estimate of drug-likeness (QED) is 0.164. The number of nitrogens with zero attached hydrogens (tertiary/aromatic N) is 5. The number of benzene rings is 2. The summed E-state index contributed by atoms with van der Waals surface area (Å²) in [7, 11) is 0. The van der Waals surface area contributed by atoms with E-state index in [0.717, 1.165) is 30.7 Å². The molecule has 14 heteroatoms. The van der Waals surface area contributed by atoms with Crippen molar-refractivity contribution in [2.24, 2.45) is 0 Å². The van der Waals surface area contributed by atoms with E-state index in [4.69, 9.17) is 33.4 Å². The molecule has 3 fully saturated rings. The zero-order chi connectivity index (χ0) is 33.2. The predicted octanol–water partition coefficient (Wildman–Crippen LogP) is 7.09. The number of anilines is 1. The maximum Gasteiger partial charge on any atom is 0.320 e. The monoisotopic (exact) mass is 682 g/mol. The summed E-state index contributed by atoms with van der Waals surface area (Å²) in [4.78, 5) is 28.6. The van der Waals surface area contributed by atoms with Crippen molar-refractivity contribution < 1.29 is 27.4 Å². The van der Waals surface area contributed by atoms with Crippen LogP contribution in [0.3, 0.4) is 0 Å². The normalized spacial score (nSPS) is 24.2. The molecule has 0 bridgehead atoms. The van der Waals surface area contributed by atoms with Crippen LogP contribution >= 0.6 is 22.9 Å². The topological polar surface area (TPSA) is 98.2 Å². The Morgan fingerprint density at radius 2 is 2.15 bits per heavy atom. The van der Waals surface area contributed by atoms with E-state index in [2.05, 4.69) is 26.3 Å². The number of halogens is 4. The van der Waals surface area contributed by atoms with Crippen LogP contribution in [0.5, 0.6) is 11.9 Å². The van der Waals surface area contributed by atoms with Gasteiger partial charge in [-0.25, -0.2) is 18.0 Å². The molecule has 47 heavy (non-hydrogen) atoms. The maximum absolute atomic E-state index is 16.8. The van der Waals surface area contributed by atoms with Crippen molar-refractivity contribution in [1.82, 2.24) is 19.8 Å².